The van der Waals surface area contributed by atoms with Crippen LogP contribution < -0.4 is 5.32 Å². The van der Waals surface area contributed by atoms with Gasteiger partial charge in [-0.15, -0.1) is 0 Å². The van der Waals surface area contributed by atoms with Crippen molar-refractivity contribution in [1.82, 2.24) is 14.7 Å². The Morgan fingerprint density at radius 1 is 1.33 bits per heavy atom. The van der Waals surface area contributed by atoms with Crippen LogP contribution in [-0.4, -0.2) is 15.3 Å². The molecule has 8 heteroatoms. The second-order valence-corrected chi connectivity index (χ2v) is 7.44. The summed E-state index contributed by atoms with van der Waals surface area (Å²) in [5.74, 6) is -0.266. The van der Waals surface area contributed by atoms with Crippen molar-refractivity contribution >= 4 is 61.3 Å². The number of benzene rings is 1. The highest BCUT2D eigenvalue weighted by molar-refractivity contribution is 9.11. The number of carbonyl (C=O) groups excluding carboxylic acids is 1. The monoisotopic (exact) mass is 403 g/mol. The summed E-state index contributed by atoms with van der Waals surface area (Å²) < 4.78 is 2.76. The van der Waals surface area contributed by atoms with Crippen molar-refractivity contribution in [3.63, 3.8) is 0 Å². The zero-order chi connectivity index (χ0) is 15.0. The lowest BCUT2D eigenvalue weighted by Gasteiger charge is -2.07. The smallest absolute Gasteiger partial charge is 0.271 e. The molecule has 1 amide bonds. The number of halogens is 3. The first-order valence-corrected chi connectivity index (χ1v) is 8.26. The molecule has 0 unspecified atom stereocenters. The number of aromatic nitrogens is 2. The molecule has 2 aromatic heterocycles. The van der Waals surface area contributed by atoms with Crippen LogP contribution in [0.15, 0.2) is 34.4 Å². The lowest BCUT2D eigenvalue weighted by atomic mass is 10.2. The van der Waals surface area contributed by atoms with Gasteiger partial charge in [0, 0.05) is 34.5 Å². The molecular weight excluding hydrogens is 397 g/mol. The summed E-state index contributed by atoms with van der Waals surface area (Å²) in [7, 11) is 0. The van der Waals surface area contributed by atoms with Crippen LogP contribution in [0.25, 0.3) is 4.96 Å². The normalized spacial score (nSPS) is 11.0. The van der Waals surface area contributed by atoms with E-state index in [1.807, 2.05) is 6.20 Å². The van der Waals surface area contributed by atoms with Gasteiger partial charge in [0.15, 0.2) is 4.96 Å². The van der Waals surface area contributed by atoms with Gasteiger partial charge in [0.25, 0.3) is 5.91 Å². The van der Waals surface area contributed by atoms with Gasteiger partial charge < -0.3 is 5.32 Å². The molecule has 0 aliphatic carbocycles. The summed E-state index contributed by atoms with van der Waals surface area (Å²) in [4.78, 5) is 17.1. The van der Waals surface area contributed by atoms with Crippen LogP contribution in [0, 0.1) is 0 Å². The molecule has 0 bridgehead atoms. The van der Waals surface area contributed by atoms with E-state index in [-0.39, 0.29) is 12.5 Å². The first-order chi connectivity index (χ1) is 10.0. The Balaban J connectivity index is 1.75. The van der Waals surface area contributed by atoms with E-state index in [1.54, 1.807) is 28.8 Å². The topological polar surface area (TPSA) is 46.4 Å². The number of hydrogen-bond acceptors (Lipinski definition) is 3. The number of amides is 1. The molecule has 2 heterocycles. The molecule has 3 aromatic rings. The van der Waals surface area contributed by atoms with Crippen LogP contribution in [0.3, 0.4) is 0 Å². The minimum atomic E-state index is -0.266. The average molecular weight is 405 g/mol. The Morgan fingerprint density at radius 2 is 2.05 bits per heavy atom. The van der Waals surface area contributed by atoms with E-state index in [0.717, 1.165) is 8.75 Å². The molecule has 0 saturated carbocycles. The SMILES string of the molecule is O=C(NCc1c(Cl)cccc1Cl)c1cn2cc(Br)sc2n1. The fourth-order valence-electron chi connectivity index (χ4n) is 1.84. The van der Waals surface area contributed by atoms with Crippen molar-refractivity contribution in [3.05, 3.63) is 55.7 Å². The first kappa shape index (κ1) is 14.8. The third kappa shape index (κ3) is 3.08. The van der Waals surface area contributed by atoms with E-state index >= 15 is 0 Å². The molecule has 0 spiro atoms. The summed E-state index contributed by atoms with van der Waals surface area (Å²) in [6.45, 7) is 0.256. The number of rotatable bonds is 3. The number of imidazole rings is 1. The summed E-state index contributed by atoms with van der Waals surface area (Å²) in [6, 6.07) is 5.23. The highest BCUT2D eigenvalue weighted by Crippen LogP contribution is 2.25. The Kier molecular flexibility index (Phi) is 4.21. The zero-order valence-corrected chi connectivity index (χ0v) is 14.4. The Morgan fingerprint density at radius 3 is 2.71 bits per heavy atom. The molecule has 0 radical (unpaired) electrons. The predicted octanol–water partition coefficient (Wildman–Crippen LogP) is 4.40. The molecule has 108 valence electrons. The van der Waals surface area contributed by atoms with Crippen LogP contribution in [0.5, 0.6) is 0 Å². The molecule has 0 fully saturated rings. The lowest BCUT2D eigenvalue weighted by molar-refractivity contribution is 0.0946. The van der Waals surface area contributed by atoms with Crippen molar-refractivity contribution in [2.45, 2.75) is 6.54 Å². The second-order valence-electron chi connectivity index (χ2n) is 4.23. The van der Waals surface area contributed by atoms with Crippen LogP contribution in [0.2, 0.25) is 10.0 Å². The van der Waals surface area contributed by atoms with Crippen LogP contribution in [0.1, 0.15) is 16.1 Å². The number of thiazole rings is 1. The largest absolute Gasteiger partial charge is 0.346 e. The van der Waals surface area contributed by atoms with Crippen molar-refractivity contribution < 1.29 is 4.79 Å². The predicted molar refractivity (Wildman–Crippen MR) is 88.4 cm³/mol. The van der Waals surface area contributed by atoms with Gasteiger partial charge in [-0.05, 0) is 28.1 Å². The zero-order valence-electron chi connectivity index (χ0n) is 10.4. The third-order valence-electron chi connectivity index (χ3n) is 2.85. The van der Waals surface area contributed by atoms with E-state index in [4.69, 9.17) is 23.2 Å². The molecular formula is C13H8BrCl2N3OS. The van der Waals surface area contributed by atoms with Gasteiger partial charge >= 0.3 is 0 Å². The van der Waals surface area contributed by atoms with Gasteiger partial charge in [0.1, 0.15) is 5.69 Å². The number of carbonyl (C=O) groups is 1. The van der Waals surface area contributed by atoms with E-state index in [0.29, 0.717) is 21.3 Å². The molecule has 4 nitrogen and oxygen atoms in total. The third-order valence-corrected chi connectivity index (χ3v) is 5.03. The van der Waals surface area contributed by atoms with Gasteiger partial charge in [0.05, 0.1) is 3.79 Å². The van der Waals surface area contributed by atoms with Crippen LogP contribution in [0.4, 0.5) is 0 Å². The maximum absolute atomic E-state index is 12.1. The lowest BCUT2D eigenvalue weighted by Crippen LogP contribution is -2.23. The molecule has 1 aromatic carbocycles. The van der Waals surface area contributed by atoms with E-state index < -0.39 is 0 Å². The summed E-state index contributed by atoms with van der Waals surface area (Å²) >= 11 is 17.0. The summed E-state index contributed by atoms with van der Waals surface area (Å²) in [6.07, 6.45) is 3.54. The van der Waals surface area contributed by atoms with Crippen LogP contribution in [-0.2, 0) is 6.54 Å². The molecule has 3 rings (SSSR count). The average Bonchev–Trinajstić information content (AvgIpc) is 2.95. The Hall–Kier alpha value is -1.08. The van der Waals surface area contributed by atoms with Gasteiger partial charge in [-0.25, -0.2) is 4.98 Å². The molecule has 0 aliphatic rings. The standard InChI is InChI=1S/C13H8BrCl2N3OS/c14-11-6-19-5-10(18-13(19)21-11)12(20)17-4-7-8(15)2-1-3-9(7)16/h1-3,5-6H,4H2,(H,17,20). The summed E-state index contributed by atoms with van der Waals surface area (Å²) in [5, 5.41) is 3.82. The fraction of sp³-hybridized carbons (Fsp3) is 0.0769. The Bertz CT molecular complexity index is 778. The minimum Gasteiger partial charge on any atom is -0.346 e. The highest BCUT2D eigenvalue weighted by Gasteiger charge is 2.13. The van der Waals surface area contributed by atoms with E-state index in [1.165, 1.54) is 11.3 Å². The molecule has 0 saturated heterocycles. The highest BCUT2D eigenvalue weighted by atomic mass is 79.9. The second kappa shape index (κ2) is 5.96. The molecule has 1 N–H and O–H groups in total. The van der Waals surface area contributed by atoms with Gasteiger partial charge in [-0.1, -0.05) is 40.6 Å². The molecule has 0 atom stereocenters. The Labute approximate surface area is 142 Å². The minimum absolute atomic E-state index is 0.256. The molecule has 0 aliphatic heterocycles. The summed E-state index contributed by atoms with van der Waals surface area (Å²) in [5.41, 5.74) is 1.05. The van der Waals surface area contributed by atoms with Gasteiger partial charge in [-0.3, -0.25) is 9.20 Å². The van der Waals surface area contributed by atoms with Crippen molar-refractivity contribution in [3.8, 4) is 0 Å². The fourth-order valence-corrected chi connectivity index (χ4v) is 3.72. The van der Waals surface area contributed by atoms with Crippen molar-refractivity contribution in [2.75, 3.05) is 0 Å². The number of fused-ring (bicyclic) bond motifs is 1. The van der Waals surface area contributed by atoms with Crippen molar-refractivity contribution in [2.24, 2.45) is 0 Å². The molecule has 21 heavy (non-hydrogen) atoms. The number of nitrogens with zero attached hydrogens (tertiary/aromatic N) is 2. The number of hydrogen-bond donors (Lipinski definition) is 1. The van der Waals surface area contributed by atoms with Crippen molar-refractivity contribution in [1.29, 1.82) is 0 Å². The van der Waals surface area contributed by atoms with E-state index in [2.05, 4.69) is 26.2 Å². The van der Waals surface area contributed by atoms with Crippen LogP contribution >= 0.6 is 50.5 Å². The number of nitrogens with one attached hydrogen (secondary N) is 1. The van der Waals surface area contributed by atoms with E-state index in [9.17, 15) is 4.79 Å². The van der Waals surface area contributed by atoms with Gasteiger partial charge in [0.2, 0.25) is 0 Å². The quantitative estimate of drug-likeness (QED) is 0.703. The van der Waals surface area contributed by atoms with Gasteiger partial charge in [-0.2, -0.15) is 0 Å². The maximum Gasteiger partial charge on any atom is 0.271 e. The first-order valence-electron chi connectivity index (χ1n) is 5.90. The maximum atomic E-state index is 12.1.